The summed E-state index contributed by atoms with van der Waals surface area (Å²) in [5.74, 6) is -12.3. The van der Waals surface area contributed by atoms with Gasteiger partial charge in [-0.3, -0.25) is 4.79 Å². The summed E-state index contributed by atoms with van der Waals surface area (Å²) in [6.07, 6.45) is 0.345. The Hall–Kier alpha value is -2.93. The molecule has 1 aliphatic heterocycles. The number of hydrogen-bond donors (Lipinski definition) is 0. The topological polar surface area (TPSA) is 20.3 Å². The maximum atomic E-state index is 14.3. The minimum absolute atomic E-state index is 0.00519. The van der Waals surface area contributed by atoms with Crippen LogP contribution >= 0.6 is 11.6 Å². The van der Waals surface area contributed by atoms with Gasteiger partial charge in [0.15, 0.2) is 23.3 Å². The van der Waals surface area contributed by atoms with Gasteiger partial charge in [-0.15, -0.1) is 0 Å². The van der Waals surface area contributed by atoms with Crippen LogP contribution in [0.25, 0.3) is 0 Å². The van der Waals surface area contributed by atoms with Crippen molar-refractivity contribution in [2.45, 2.75) is 12.5 Å². The van der Waals surface area contributed by atoms with E-state index in [0.717, 1.165) is 10.5 Å². The van der Waals surface area contributed by atoms with Gasteiger partial charge in [0.25, 0.3) is 5.91 Å². The highest BCUT2D eigenvalue weighted by Crippen LogP contribution is 2.39. The molecule has 4 rings (SSSR count). The van der Waals surface area contributed by atoms with Crippen molar-refractivity contribution in [3.8, 4) is 0 Å². The second kappa shape index (κ2) is 7.72. The van der Waals surface area contributed by atoms with Crippen molar-refractivity contribution in [1.82, 2.24) is 4.90 Å². The molecule has 1 atom stereocenters. The van der Waals surface area contributed by atoms with Crippen LogP contribution in [0.15, 0.2) is 48.5 Å². The fourth-order valence-corrected chi connectivity index (χ4v) is 3.99. The van der Waals surface area contributed by atoms with Gasteiger partial charge in [-0.1, -0.05) is 54.1 Å². The maximum absolute atomic E-state index is 14.3. The lowest BCUT2D eigenvalue weighted by Crippen LogP contribution is -2.41. The lowest BCUT2D eigenvalue weighted by Gasteiger charge is -2.38. The van der Waals surface area contributed by atoms with E-state index in [-0.39, 0.29) is 6.54 Å². The van der Waals surface area contributed by atoms with Crippen LogP contribution in [-0.2, 0) is 6.42 Å². The normalized spacial score (nSPS) is 15.8. The highest BCUT2D eigenvalue weighted by atomic mass is 35.5. The molecular weight excluding hydrogens is 425 g/mol. The molecule has 30 heavy (non-hydrogen) atoms. The van der Waals surface area contributed by atoms with Gasteiger partial charge in [0, 0.05) is 11.6 Å². The Balaban J connectivity index is 1.90. The summed E-state index contributed by atoms with van der Waals surface area (Å²) < 4.78 is 69.5. The van der Waals surface area contributed by atoms with E-state index in [1.165, 1.54) is 0 Å². The summed E-state index contributed by atoms with van der Waals surface area (Å²) >= 11 is 6.32. The van der Waals surface area contributed by atoms with Crippen molar-refractivity contribution in [3.63, 3.8) is 0 Å². The summed E-state index contributed by atoms with van der Waals surface area (Å²) in [6, 6.07) is 12.9. The van der Waals surface area contributed by atoms with E-state index in [2.05, 4.69) is 0 Å². The van der Waals surface area contributed by atoms with Crippen molar-refractivity contribution in [3.05, 3.63) is 105 Å². The Morgan fingerprint density at radius 2 is 1.33 bits per heavy atom. The maximum Gasteiger partial charge on any atom is 0.260 e. The quantitative estimate of drug-likeness (QED) is 0.281. The van der Waals surface area contributed by atoms with Crippen LogP contribution < -0.4 is 0 Å². The molecule has 0 bridgehead atoms. The number of halogens is 6. The molecule has 0 unspecified atom stereocenters. The zero-order chi connectivity index (χ0) is 21.6. The highest BCUT2D eigenvalue weighted by molar-refractivity contribution is 6.31. The minimum Gasteiger partial charge on any atom is -0.327 e. The van der Waals surface area contributed by atoms with E-state index >= 15 is 0 Å². The predicted octanol–water partition coefficient (Wildman–Crippen LogP) is 5.82. The molecule has 0 saturated heterocycles. The molecule has 2 nitrogen and oxygen atoms in total. The summed E-state index contributed by atoms with van der Waals surface area (Å²) in [7, 11) is 0. The van der Waals surface area contributed by atoms with Gasteiger partial charge in [0.2, 0.25) is 5.82 Å². The van der Waals surface area contributed by atoms with Crippen LogP contribution in [0.4, 0.5) is 22.0 Å². The number of fused-ring (bicyclic) bond motifs is 1. The number of carbonyl (C=O) groups is 1. The molecule has 8 heteroatoms. The second-order valence-electron chi connectivity index (χ2n) is 6.82. The Bertz CT molecular complexity index is 1140. The number of benzene rings is 3. The fourth-order valence-electron chi connectivity index (χ4n) is 3.75. The monoisotopic (exact) mass is 437 g/mol. The van der Waals surface area contributed by atoms with E-state index in [1.807, 2.05) is 12.1 Å². The van der Waals surface area contributed by atoms with Crippen LogP contribution in [0.1, 0.15) is 33.1 Å². The van der Waals surface area contributed by atoms with E-state index in [0.29, 0.717) is 22.6 Å². The molecule has 0 aliphatic carbocycles. The molecule has 3 aromatic carbocycles. The average Bonchev–Trinajstić information content (AvgIpc) is 2.76. The van der Waals surface area contributed by atoms with Crippen LogP contribution in [0.2, 0.25) is 5.02 Å². The van der Waals surface area contributed by atoms with Crippen LogP contribution in [-0.4, -0.2) is 17.4 Å². The summed E-state index contributed by atoms with van der Waals surface area (Å²) in [5.41, 5.74) is 0.546. The Kier molecular flexibility index (Phi) is 5.24. The summed E-state index contributed by atoms with van der Waals surface area (Å²) in [5, 5.41) is 0.300. The number of rotatable bonds is 2. The first-order valence-electron chi connectivity index (χ1n) is 8.97. The van der Waals surface area contributed by atoms with Gasteiger partial charge in [-0.2, -0.15) is 0 Å². The first-order chi connectivity index (χ1) is 14.3. The molecule has 0 fully saturated rings. The standard InChI is InChI=1S/C22H13ClF5NO/c23-14-8-4-3-7-13(14)21-12-6-2-1-5-11(12)9-10-29(21)22(30)15-16(24)18(26)20(28)19(27)17(15)25/h1-8,21H,9-10H2/t21-/m1/s1. The molecule has 0 spiro atoms. The molecule has 0 N–H and O–H groups in total. The largest absolute Gasteiger partial charge is 0.327 e. The molecule has 0 aromatic heterocycles. The Morgan fingerprint density at radius 1 is 0.800 bits per heavy atom. The lowest BCUT2D eigenvalue weighted by molar-refractivity contribution is 0.0681. The minimum atomic E-state index is -2.31. The molecule has 1 aliphatic rings. The summed E-state index contributed by atoms with van der Waals surface area (Å²) in [6.45, 7) is 0.00519. The van der Waals surface area contributed by atoms with Crippen molar-refractivity contribution in [1.29, 1.82) is 0 Å². The predicted molar refractivity (Wildman–Crippen MR) is 101 cm³/mol. The van der Waals surface area contributed by atoms with Crippen LogP contribution in [0, 0.1) is 29.1 Å². The van der Waals surface area contributed by atoms with Gasteiger partial charge < -0.3 is 4.90 Å². The second-order valence-corrected chi connectivity index (χ2v) is 7.22. The van der Waals surface area contributed by atoms with Crippen molar-refractivity contribution in [2.24, 2.45) is 0 Å². The first kappa shape index (κ1) is 20.3. The molecule has 3 aromatic rings. The molecule has 1 amide bonds. The molecule has 154 valence electrons. The molecular formula is C22H13ClF5NO. The lowest BCUT2D eigenvalue weighted by atomic mass is 9.87. The van der Waals surface area contributed by atoms with Crippen molar-refractivity contribution >= 4 is 17.5 Å². The van der Waals surface area contributed by atoms with E-state index in [9.17, 15) is 26.7 Å². The smallest absolute Gasteiger partial charge is 0.260 e. The van der Waals surface area contributed by atoms with E-state index in [1.54, 1.807) is 36.4 Å². The third-order valence-corrected chi connectivity index (χ3v) is 5.51. The number of hydrogen-bond acceptors (Lipinski definition) is 1. The van der Waals surface area contributed by atoms with Gasteiger partial charge in [-0.05, 0) is 29.2 Å². The first-order valence-corrected chi connectivity index (χ1v) is 9.35. The van der Waals surface area contributed by atoms with E-state index < -0.39 is 46.6 Å². The van der Waals surface area contributed by atoms with Crippen molar-refractivity contribution < 1.29 is 26.7 Å². The third-order valence-electron chi connectivity index (χ3n) is 5.17. The fraction of sp³-hybridized carbons (Fsp3) is 0.136. The molecule has 1 heterocycles. The number of nitrogens with zero attached hydrogens (tertiary/aromatic N) is 1. The zero-order valence-corrected chi connectivity index (χ0v) is 16.0. The SMILES string of the molecule is O=C(c1c(F)c(F)c(F)c(F)c1F)N1CCc2ccccc2[C@@H]1c1ccccc1Cl. The van der Waals surface area contributed by atoms with Gasteiger partial charge in [0.05, 0.1) is 6.04 Å². The Labute approximate surface area is 173 Å². The number of carbonyl (C=O) groups excluding carboxylic acids is 1. The van der Waals surface area contributed by atoms with Crippen LogP contribution in [0.3, 0.4) is 0 Å². The summed E-state index contributed by atoms with van der Waals surface area (Å²) in [4.78, 5) is 14.2. The van der Waals surface area contributed by atoms with Gasteiger partial charge >= 0.3 is 0 Å². The Morgan fingerprint density at radius 3 is 1.97 bits per heavy atom. The van der Waals surface area contributed by atoms with E-state index in [4.69, 9.17) is 11.6 Å². The average molecular weight is 438 g/mol. The third kappa shape index (κ3) is 3.13. The number of amides is 1. The van der Waals surface area contributed by atoms with Gasteiger partial charge in [-0.25, -0.2) is 22.0 Å². The molecule has 0 saturated carbocycles. The van der Waals surface area contributed by atoms with Gasteiger partial charge in [0.1, 0.15) is 5.56 Å². The molecule has 0 radical (unpaired) electrons. The zero-order valence-electron chi connectivity index (χ0n) is 15.2. The van der Waals surface area contributed by atoms with Crippen LogP contribution in [0.5, 0.6) is 0 Å². The highest BCUT2D eigenvalue weighted by Gasteiger charge is 2.38. The van der Waals surface area contributed by atoms with Crippen molar-refractivity contribution in [2.75, 3.05) is 6.54 Å².